The quantitative estimate of drug-likeness (QED) is 0.622. The van der Waals surface area contributed by atoms with Gasteiger partial charge in [0.15, 0.2) is 5.25 Å². The summed E-state index contributed by atoms with van der Waals surface area (Å²) in [6, 6.07) is 10.7. The number of piperidine rings is 1. The van der Waals surface area contributed by atoms with Gasteiger partial charge in [-0.1, -0.05) is 23.7 Å². The minimum absolute atomic E-state index is 0.189. The molecular weight excluding hydrogens is 466 g/mol. The van der Waals surface area contributed by atoms with Crippen LogP contribution in [-0.4, -0.2) is 55.2 Å². The van der Waals surface area contributed by atoms with E-state index in [0.29, 0.717) is 48.1 Å². The number of carbonyl (C=O) groups is 3. The van der Waals surface area contributed by atoms with Crippen molar-refractivity contribution in [2.45, 2.75) is 23.0 Å². The minimum atomic E-state index is -0.826. The first-order valence-electron chi connectivity index (χ1n) is 10.5. The summed E-state index contributed by atoms with van der Waals surface area (Å²) in [6.45, 7) is 0.798. The zero-order chi connectivity index (χ0) is 23.5. The lowest BCUT2D eigenvalue weighted by molar-refractivity contribution is -0.136. The highest BCUT2D eigenvalue weighted by Gasteiger charge is 2.37. The number of methoxy groups -OCH3 is 2. The van der Waals surface area contributed by atoms with Crippen LogP contribution in [0.5, 0.6) is 11.5 Å². The third-order valence-corrected chi connectivity index (χ3v) is 7.32. The Morgan fingerprint density at radius 3 is 2.58 bits per heavy atom. The van der Waals surface area contributed by atoms with Crippen molar-refractivity contribution < 1.29 is 23.9 Å². The van der Waals surface area contributed by atoms with Gasteiger partial charge < -0.3 is 25.0 Å². The largest absolute Gasteiger partial charge is 0.497 e. The molecule has 1 unspecified atom stereocenters. The Bertz CT molecular complexity index is 1090. The molecule has 1 atom stereocenters. The van der Waals surface area contributed by atoms with Crippen molar-refractivity contribution in [3.63, 3.8) is 0 Å². The minimum Gasteiger partial charge on any atom is -0.497 e. The second-order valence-corrected chi connectivity index (χ2v) is 9.31. The maximum Gasteiger partial charge on any atom is 0.247 e. The number of anilines is 2. The van der Waals surface area contributed by atoms with Gasteiger partial charge in [0.1, 0.15) is 17.2 Å². The van der Waals surface area contributed by atoms with Gasteiger partial charge in [-0.2, -0.15) is 0 Å². The number of hydrogen-bond donors (Lipinski definition) is 2. The van der Waals surface area contributed by atoms with Crippen molar-refractivity contribution in [2.75, 3.05) is 37.9 Å². The van der Waals surface area contributed by atoms with E-state index in [4.69, 9.17) is 21.1 Å². The number of benzene rings is 2. The average molecular weight is 490 g/mol. The number of nitrogens with one attached hydrogen (secondary N) is 2. The maximum absolute atomic E-state index is 13.0. The van der Waals surface area contributed by atoms with E-state index in [1.54, 1.807) is 17.0 Å². The van der Waals surface area contributed by atoms with E-state index >= 15 is 0 Å². The van der Waals surface area contributed by atoms with Gasteiger partial charge in [-0.05, 0) is 25.0 Å². The Kier molecular flexibility index (Phi) is 6.99. The lowest BCUT2D eigenvalue weighted by Crippen LogP contribution is -2.48. The zero-order valence-electron chi connectivity index (χ0n) is 18.2. The van der Waals surface area contributed by atoms with Crippen LogP contribution in [0.25, 0.3) is 0 Å². The van der Waals surface area contributed by atoms with Crippen molar-refractivity contribution >= 4 is 52.5 Å². The summed E-state index contributed by atoms with van der Waals surface area (Å²) in [7, 11) is 3.01. The third kappa shape index (κ3) is 4.89. The van der Waals surface area contributed by atoms with Crippen LogP contribution in [0.15, 0.2) is 41.3 Å². The van der Waals surface area contributed by atoms with Gasteiger partial charge in [-0.15, -0.1) is 11.8 Å². The van der Waals surface area contributed by atoms with Crippen LogP contribution in [0.4, 0.5) is 11.4 Å². The van der Waals surface area contributed by atoms with Gasteiger partial charge in [0.2, 0.25) is 17.7 Å². The lowest BCUT2D eigenvalue weighted by atomic mass is 9.95. The highest BCUT2D eigenvalue weighted by Crippen LogP contribution is 2.38. The lowest BCUT2D eigenvalue weighted by Gasteiger charge is -2.34. The number of carbonyl (C=O) groups excluding carboxylic acids is 3. The molecule has 2 aromatic carbocycles. The molecule has 3 amide bonds. The molecule has 2 heterocycles. The van der Waals surface area contributed by atoms with Crippen molar-refractivity contribution in [2.24, 2.45) is 5.92 Å². The Labute approximate surface area is 200 Å². The molecular formula is C23H24ClN3O5S. The van der Waals surface area contributed by atoms with Crippen LogP contribution in [0.3, 0.4) is 0 Å². The molecule has 2 aliphatic rings. The number of likely N-dealkylation sites (tertiary alicyclic amines) is 1. The topological polar surface area (TPSA) is 97.0 Å². The van der Waals surface area contributed by atoms with E-state index in [-0.39, 0.29) is 23.6 Å². The van der Waals surface area contributed by atoms with E-state index in [9.17, 15) is 14.4 Å². The summed E-state index contributed by atoms with van der Waals surface area (Å²) < 4.78 is 10.5. The molecule has 33 heavy (non-hydrogen) atoms. The molecule has 0 radical (unpaired) electrons. The van der Waals surface area contributed by atoms with E-state index in [2.05, 4.69) is 10.6 Å². The molecule has 2 aliphatic heterocycles. The van der Waals surface area contributed by atoms with Crippen molar-refractivity contribution in [1.82, 2.24) is 4.90 Å². The van der Waals surface area contributed by atoms with Crippen molar-refractivity contribution in [1.29, 1.82) is 0 Å². The predicted molar refractivity (Wildman–Crippen MR) is 127 cm³/mol. The van der Waals surface area contributed by atoms with E-state index in [0.717, 1.165) is 10.6 Å². The molecule has 0 aromatic heterocycles. The van der Waals surface area contributed by atoms with E-state index in [1.807, 2.05) is 24.3 Å². The molecule has 174 valence electrons. The first-order valence-corrected chi connectivity index (χ1v) is 11.7. The summed E-state index contributed by atoms with van der Waals surface area (Å²) in [5.41, 5.74) is 1.11. The van der Waals surface area contributed by atoms with Crippen LogP contribution in [0.1, 0.15) is 12.8 Å². The van der Waals surface area contributed by atoms with E-state index < -0.39 is 5.25 Å². The van der Waals surface area contributed by atoms with Gasteiger partial charge in [0, 0.05) is 36.0 Å². The summed E-state index contributed by atoms with van der Waals surface area (Å²) in [5, 5.41) is 5.14. The number of nitrogens with zero attached hydrogens (tertiary/aromatic N) is 1. The Morgan fingerprint density at radius 2 is 1.88 bits per heavy atom. The number of halogens is 1. The second-order valence-electron chi connectivity index (χ2n) is 7.76. The van der Waals surface area contributed by atoms with Gasteiger partial charge >= 0.3 is 0 Å². The molecule has 8 nitrogen and oxygen atoms in total. The molecule has 0 saturated carbocycles. The predicted octanol–water partition coefficient (Wildman–Crippen LogP) is 3.65. The van der Waals surface area contributed by atoms with Crippen LogP contribution < -0.4 is 20.1 Å². The number of para-hydroxylation sites is 1. The molecule has 0 aliphatic carbocycles. The number of amides is 3. The number of rotatable bonds is 5. The zero-order valence-corrected chi connectivity index (χ0v) is 19.8. The summed E-state index contributed by atoms with van der Waals surface area (Å²) in [5.74, 6) is -0.0953. The molecule has 0 bridgehead atoms. The first-order chi connectivity index (χ1) is 15.9. The Hall–Kier alpha value is -2.91. The van der Waals surface area contributed by atoms with Crippen LogP contribution in [0, 0.1) is 5.92 Å². The molecule has 10 heteroatoms. The van der Waals surface area contributed by atoms with Crippen LogP contribution >= 0.6 is 23.4 Å². The summed E-state index contributed by atoms with van der Waals surface area (Å²) in [4.78, 5) is 40.9. The molecule has 1 saturated heterocycles. The first kappa shape index (κ1) is 23.3. The fourth-order valence-corrected chi connectivity index (χ4v) is 5.25. The highest BCUT2D eigenvalue weighted by atomic mass is 35.5. The fraction of sp³-hybridized carbons (Fsp3) is 0.348. The van der Waals surface area contributed by atoms with Crippen molar-refractivity contribution in [3.8, 4) is 11.5 Å². The van der Waals surface area contributed by atoms with Crippen molar-refractivity contribution in [3.05, 3.63) is 41.4 Å². The molecule has 2 aromatic rings. The standard InChI is InChI=1S/C23H24ClN3O5S/c1-31-14-11-15(24)19(17(12-14)32-2)26-21(28)13-7-9-27(10-8-13)23(30)20-22(29)25-16-5-3-4-6-18(16)33-20/h3-6,11-13,20H,7-10H2,1-2H3,(H,25,29)(H,26,28). The molecule has 0 spiro atoms. The maximum atomic E-state index is 13.0. The van der Waals surface area contributed by atoms with Crippen LogP contribution in [-0.2, 0) is 14.4 Å². The molecule has 1 fully saturated rings. The van der Waals surface area contributed by atoms with E-state index in [1.165, 1.54) is 26.0 Å². The molecule has 4 rings (SSSR count). The molecule has 2 N–H and O–H groups in total. The van der Waals surface area contributed by atoms with Gasteiger partial charge in [-0.25, -0.2) is 0 Å². The Morgan fingerprint density at radius 1 is 1.15 bits per heavy atom. The number of thioether (sulfide) groups is 1. The fourth-order valence-electron chi connectivity index (χ4n) is 3.93. The third-order valence-electron chi connectivity index (χ3n) is 5.76. The number of hydrogen-bond acceptors (Lipinski definition) is 6. The number of ether oxygens (including phenoxy) is 2. The second kappa shape index (κ2) is 9.93. The smallest absolute Gasteiger partial charge is 0.247 e. The monoisotopic (exact) mass is 489 g/mol. The summed E-state index contributed by atoms with van der Waals surface area (Å²) in [6.07, 6.45) is 0.979. The van der Waals surface area contributed by atoms with Gasteiger partial charge in [-0.3, -0.25) is 14.4 Å². The summed E-state index contributed by atoms with van der Waals surface area (Å²) >= 11 is 7.57. The van der Waals surface area contributed by atoms with Crippen LogP contribution in [0.2, 0.25) is 5.02 Å². The SMILES string of the molecule is COc1cc(Cl)c(NC(=O)C2CCN(C(=O)C3Sc4ccccc4NC3=O)CC2)c(OC)c1. The average Bonchev–Trinajstić information content (AvgIpc) is 2.84. The number of fused-ring (bicyclic) bond motifs is 1. The normalized spacial score (nSPS) is 18.2. The highest BCUT2D eigenvalue weighted by molar-refractivity contribution is 8.01. The van der Waals surface area contributed by atoms with Gasteiger partial charge in [0.25, 0.3) is 0 Å². The Balaban J connectivity index is 1.37. The van der Waals surface area contributed by atoms with Gasteiger partial charge in [0.05, 0.1) is 24.9 Å².